The third-order valence-corrected chi connectivity index (χ3v) is 1.48. The number of carbonyl (C=O) groups is 1. The zero-order valence-electron chi connectivity index (χ0n) is 6.89. The number of nitrogens with one attached hydrogen (secondary N) is 1. The number of carbonyl (C=O) groups excluding carboxylic acids is 1. The summed E-state index contributed by atoms with van der Waals surface area (Å²) in [5.74, 6) is 0.507. The third kappa shape index (κ3) is 1.42. The maximum Gasteiger partial charge on any atom is 0.252 e. The summed E-state index contributed by atoms with van der Waals surface area (Å²) in [4.78, 5) is 10.8. The molecule has 3 nitrogen and oxygen atoms in total. The van der Waals surface area contributed by atoms with E-state index < -0.39 is 0 Å². The van der Waals surface area contributed by atoms with Crippen molar-refractivity contribution in [1.82, 2.24) is 5.32 Å². The van der Waals surface area contributed by atoms with Gasteiger partial charge in [-0.05, 0) is 19.4 Å². The van der Waals surface area contributed by atoms with Crippen LogP contribution in [0.5, 0.6) is 0 Å². The van der Waals surface area contributed by atoms with Crippen LogP contribution in [0.2, 0.25) is 0 Å². The molecule has 0 radical (unpaired) electrons. The molecule has 3 heteroatoms. The Bertz CT molecular complexity index is 247. The van der Waals surface area contributed by atoms with Crippen LogP contribution in [0.1, 0.15) is 13.8 Å². The zero-order valence-corrected chi connectivity index (χ0v) is 6.89. The highest BCUT2D eigenvalue weighted by Crippen LogP contribution is 2.16. The number of ether oxygens (including phenoxy) is 1. The van der Waals surface area contributed by atoms with Crippen molar-refractivity contribution in [2.24, 2.45) is 0 Å². The van der Waals surface area contributed by atoms with Gasteiger partial charge in [-0.15, -0.1) is 0 Å². The lowest BCUT2D eigenvalue weighted by molar-refractivity contribution is -0.115. The highest BCUT2D eigenvalue weighted by molar-refractivity contribution is 5.94. The third-order valence-electron chi connectivity index (χ3n) is 1.48. The van der Waals surface area contributed by atoms with Gasteiger partial charge in [0, 0.05) is 6.08 Å². The molecule has 0 aromatic rings. The van der Waals surface area contributed by atoms with Gasteiger partial charge < -0.3 is 10.1 Å². The lowest BCUT2D eigenvalue weighted by atomic mass is 10.2. The SMILES string of the molecule is COC1=CC(=O)NC1=C(C)C. The average Bonchev–Trinajstić information content (AvgIpc) is 2.30. The summed E-state index contributed by atoms with van der Waals surface area (Å²) in [6.45, 7) is 3.85. The molecule has 0 spiro atoms. The molecule has 0 aromatic heterocycles. The molecule has 11 heavy (non-hydrogen) atoms. The van der Waals surface area contributed by atoms with Gasteiger partial charge in [-0.2, -0.15) is 0 Å². The van der Waals surface area contributed by atoms with Crippen LogP contribution < -0.4 is 5.32 Å². The van der Waals surface area contributed by atoms with Crippen molar-refractivity contribution in [3.63, 3.8) is 0 Å². The van der Waals surface area contributed by atoms with E-state index in [1.807, 2.05) is 13.8 Å². The molecule has 0 atom stereocenters. The van der Waals surface area contributed by atoms with E-state index in [-0.39, 0.29) is 5.91 Å². The quantitative estimate of drug-likeness (QED) is 0.608. The summed E-state index contributed by atoms with van der Waals surface area (Å²) in [7, 11) is 1.55. The first-order valence-corrected chi connectivity index (χ1v) is 3.39. The van der Waals surface area contributed by atoms with Gasteiger partial charge in [-0.3, -0.25) is 4.79 Å². The minimum absolute atomic E-state index is 0.113. The van der Waals surface area contributed by atoms with E-state index in [1.54, 1.807) is 7.11 Å². The molecule has 0 aromatic carbocycles. The lowest BCUT2D eigenvalue weighted by Gasteiger charge is -2.04. The summed E-state index contributed by atoms with van der Waals surface area (Å²) >= 11 is 0. The minimum Gasteiger partial charge on any atom is -0.494 e. The monoisotopic (exact) mass is 153 g/mol. The molecule has 0 bridgehead atoms. The van der Waals surface area contributed by atoms with Crippen LogP contribution in [-0.2, 0) is 9.53 Å². The normalized spacial score (nSPS) is 16.1. The van der Waals surface area contributed by atoms with E-state index in [4.69, 9.17) is 4.74 Å². The van der Waals surface area contributed by atoms with Crippen LogP contribution in [0.15, 0.2) is 23.1 Å². The van der Waals surface area contributed by atoms with E-state index in [1.165, 1.54) is 6.08 Å². The number of allylic oxidation sites excluding steroid dienone is 1. The standard InChI is InChI=1S/C8H11NO2/c1-5(2)8-6(11-3)4-7(10)9-8/h4H,1-3H3,(H,9,10). The highest BCUT2D eigenvalue weighted by atomic mass is 16.5. The van der Waals surface area contributed by atoms with Crippen LogP contribution in [-0.4, -0.2) is 13.0 Å². The Labute approximate surface area is 65.7 Å². The van der Waals surface area contributed by atoms with Gasteiger partial charge >= 0.3 is 0 Å². The Morgan fingerprint density at radius 3 is 2.55 bits per heavy atom. The molecular weight excluding hydrogens is 142 g/mol. The number of hydrogen-bond acceptors (Lipinski definition) is 2. The van der Waals surface area contributed by atoms with E-state index >= 15 is 0 Å². The van der Waals surface area contributed by atoms with Crippen LogP contribution in [0.4, 0.5) is 0 Å². The van der Waals surface area contributed by atoms with Gasteiger partial charge in [-0.25, -0.2) is 0 Å². The van der Waals surface area contributed by atoms with Crippen LogP contribution >= 0.6 is 0 Å². The molecular formula is C8H11NO2. The van der Waals surface area contributed by atoms with Crippen molar-refractivity contribution in [3.05, 3.63) is 23.1 Å². The van der Waals surface area contributed by atoms with Gasteiger partial charge in [0.1, 0.15) is 5.76 Å². The summed E-state index contributed by atoms with van der Waals surface area (Å²) in [6.07, 6.45) is 1.45. The topological polar surface area (TPSA) is 38.3 Å². The molecule has 0 unspecified atom stereocenters. The summed E-state index contributed by atoms with van der Waals surface area (Å²) in [6, 6.07) is 0. The number of amides is 1. The smallest absolute Gasteiger partial charge is 0.252 e. The highest BCUT2D eigenvalue weighted by Gasteiger charge is 2.18. The fraction of sp³-hybridized carbons (Fsp3) is 0.375. The maximum atomic E-state index is 10.8. The molecule has 1 rings (SSSR count). The molecule has 1 amide bonds. The van der Waals surface area contributed by atoms with Crippen molar-refractivity contribution < 1.29 is 9.53 Å². The second-order valence-corrected chi connectivity index (χ2v) is 2.58. The van der Waals surface area contributed by atoms with Gasteiger partial charge in [0.15, 0.2) is 0 Å². The number of methoxy groups -OCH3 is 1. The van der Waals surface area contributed by atoms with Crippen molar-refractivity contribution in [2.45, 2.75) is 13.8 Å². The lowest BCUT2D eigenvalue weighted by Crippen LogP contribution is -2.14. The van der Waals surface area contributed by atoms with Crippen LogP contribution in [0, 0.1) is 0 Å². The Balaban J connectivity index is 2.98. The summed E-state index contributed by atoms with van der Waals surface area (Å²) in [5, 5.41) is 2.68. The Morgan fingerprint density at radius 2 is 2.18 bits per heavy atom. The molecule has 60 valence electrons. The first kappa shape index (κ1) is 7.85. The predicted molar refractivity (Wildman–Crippen MR) is 41.6 cm³/mol. The second-order valence-electron chi connectivity index (χ2n) is 2.58. The molecule has 1 aliphatic rings. The first-order valence-electron chi connectivity index (χ1n) is 3.39. The fourth-order valence-corrected chi connectivity index (χ4v) is 0.945. The van der Waals surface area contributed by atoms with Crippen LogP contribution in [0.3, 0.4) is 0 Å². The molecule has 1 aliphatic heterocycles. The van der Waals surface area contributed by atoms with Crippen molar-refractivity contribution in [3.8, 4) is 0 Å². The first-order chi connectivity index (χ1) is 5.15. The Hall–Kier alpha value is -1.25. The predicted octanol–water partition coefficient (Wildman–Crippen LogP) is 0.940. The molecule has 1 heterocycles. The summed E-state index contributed by atoms with van der Waals surface area (Å²) < 4.78 is 4.98. The van der Waals surface area contributed by atoms with E-state index in [9.17, 15) is 4.79 Å². The molecule has 0 saturated heterocycles. The molecule has 0 aliphatic carbocycles. The van der Waals surface area contributed by atoms with Gasteiger partial charge in [0.05, 0.1) is 12.8 Å². The zero-order chi connectivity index (χ0) is 8.43. The molecule has 0 fully saturated rings. The number of rotatable bonds is 1. The molecule has 1 N–H and O–H groups in total. The maximum absolute atomic E-state index is 10.8. The van der Waals surface area contributed by atoms with Gasteiger partial charge in [-0.1, -0.05) is 0 Å². The summed E-state index contributed by atoms with van der Waals surface area (Å²) in [5.41, 5.74) is 1.83. The van der Waals surface area contributed by atoms with E-state index in [2.05, 4.69) is 5.32 Å². The minimum atomic E-state index is -0.113. The second kappa shape index (κ2) is 2.78. The van der Waals surface area contributed by atoms with Crippen molar-refractivity contribution in [1.29, 1.82) is 0 Å². The van der Waals surface area contributed by atoms with Crippen LogP contribution in [0.25, 0.3) is 0 Å². The Morgan fingerprint density at radius 1 is 1.55 bits per heavy atom. The average molecular weight is 153 g/mol. The molecule has 0 saturated carbocycles. The Kier molecular flexibility index (Phi) is 1.98. The van der Waals surface area contributed by atoms with Gasteiger partial charge in [0.2, 0.25) is 0 Å². The van der Waals surface area contributed by atoms with Crippen molar-refractivity contribution in [2.75, 3.05) is 7.11 Å². The van der Waals surface area contributed by atoms with Gasteiger partial charge in [0.25, 0.3) is 5.91 Å². The van der Waals surface area contributed by atoms with E-state index in [0.717, 1.165) is 11.3 Å². The van der Waals surface area contributed by atoms with E-state index in [0.29, 0.717) is 5.76 Å². The largest absolute Gasteiger partial charge is 0.494 e. The number of hydrogen-bond donors (Lipinski definition) is 1. The van der Waals surface area contributed by atoms with Crippen molar-refractivity contribution >= 4 is 5.91 Å². The fourth-order valence-electron chi connectivity index (χ4n) is 0.945.